The van der Waals surface area contributed by atoms with Gasteiger partial charge in [-0.25, -0.2) is 8.78 Å². The van der Waals surface area contributed by atoms with Crippen LogP contribution in [0.3, 0.4) is 0 Å². The Kier molecular flexibility index (Phi) is 3.43. The fourth-order valence-electron chi connectivity index (χ4n) is 2.17. The summed E-state index contributed by atoms with van der Waals surface area (Å²) in [5, 5.41) is 0.350. The fourth-order valence-corrected chi connectivity index (χ4v) is 2.73. The molecular formula is C14H9ClF2N2OS. The Balaban J connectivity index is 2.34. The average molecular weight is 327 g/mol. The van der Waals surface area contributed by atoms with E-state index < -0.39 is 11.6 Å². The first-order chi connectivity index (χ1) is 10.0. The van der Waals surface area contributed by atoms with Crippen LogP contribution in [0.25, 0.3) is 16.7 Å². The molecule has 0 aliphatic rings. The summed E-state index contributed by atoms with van der Waals surface area (Å²) in [6.45, 7) is 0. The van der Waals surface area contributed by atoms with Gasteiger partial charge in [-0.2, -0.15) is 0 Å². The van der Waals surface area contributed by atoms with Crippen LogP contribution in [-0.4, -0.2) is 16.7 Å². The van der Waals surface area contributed by atoms with Crippen LogP contribution in [0.4, 0.5) is 8.78 Å². The van der Waals surface area contributed by atoms with Crippen molar-refractivity contribution in [1.29, 1.82) is 0 Å². The predicted octanol–water partition coefficient (Wildman–Crippen LogP) is 4.63. The van der Waals surface area contributed by atoms with Gasteiger partial charge < -0.3 is 9.72 Å². The van der Waals surface area contributed by atoms with Crippen LogP contribution < -0.4 is 4.74 Å². The zero-order chi connectivity index (χ0) is 15.1. The minimum absolute atomic E-state index is 0.0428. The molecule has 3 nitrogen and oxygen atoms in total. The lowest BCUT2D eigenvalue weighted by atomic mass is 10.2. The molecule has 0 atom stereocenters. The smallest absolute Gasteiger partial charge is 0.184 e. The van der Waals surface area contributed by atoms with Gasteiger partial charge in [0.05, 0.1) is 23.3 Å². The number of hydrogen-bond acceptors (Lipinski definition) is 2. The van der Waals surface area contributed by atoms with Crippen LogP contribution in [-0.2, 0) is 0 Å². The van der Waals surface area contributed by atoms with Crippen LogP contribution in [0.15, 0.2) is 30.3 Å². The molecule has 0 unspecified atom stereocenters. The summed E-state index contributed by atoms with van der Waals surface area (Å²) in [6.07, 6.45) is 0. The number of fused-ring (bicyclic) bond motifs is 1. The lowest BCUT2D eigenvalue weighted by Crippen LogP contribution is -1.98. The van der Waals surface area contributed by atoms with E-state index in [1.807, 2.05) is 0 Å². The van der Waals surface area contributed by atoms with Crippen molar-refractivity contribution in [3.63, 3.8) is 0 Å². The van der Waals surface area contributed by atoms with E-state index in [0.717, 1.165) is 6.07 Å². The van der Waals surface area contributed by atoms with E-state index >= 15 is 0 Å². The minimum atomic E-state index is -0.966. The molecule has 0 spiro atoms. The van der Waals surface area contributed by atoms with Gasteiger partial charge in [0.1, 0.15) is 11.3 Å². The third-order valence-corrected chi connectivity index (χ3v) is 3.71. The molecule has 3 aromatic rings. The van der Waals surface area contributed by atoms with Crippen LogP contribution >= 0.6 is 23.8 Å². The van der Waals surface area contributed by atoms with Gasteiger partial charge in [-0.05, 0) is 42.5 Å². The third kappa shape index (κ3) is 2.20. The molecular weight excluding hydrogens is 318 g/mol. The summed E-state index contributed by atoms with van der Waals surface area (Å²) in [5.41, 5.74) is 0.966. The van der Waals surface area contributed by atoms with E-state index in [-0.39, 0.29) is 10.3 Å². The van der Waals surface area contributed by atoms with E-state index in [2.05, 4.69) is 4.98 Å². The third-order valence-electron chi connectivity index (χ3n) is 3.13. The fraction of sp³-hybridized carbons (Fsp3) is 0.0714. The van der Waals surface area contributed by atoms with E-state index in [4.69, 9.17) is 28.6 Å². The Morgan fingerprint density at radius 2 is 2.00 bits per heavy atom. The number of ether oxygens (including phenoxy) is 1. The number of H-pyrrole nitrogens is 1. The van der Waals surface area contributed by atoms with Crippen LogP contribution in [0, 0.1) is 16.4 Å². The summed E-state index contributed by atoms with van der Waals surface area (Å²) in [6, 6.07) is 7.36. The van der Waals surface area contributed by atoms with Crippen LogP contribution in [0.5, 0.6) is 5.75 Å². The molecule has 0 bridgehead atoms. The van der Waals surface area contributed by atoms with Gasteiger partial charge >= 0.3 is 0 Å². The lowest BCUT2D eigenvalue weighted by Gasteiger charge is -2.08. The number of imidazole rings is 1. The highest BCUT2D eigenvalue weighted by Gasteiger charge is 2.15. The minimum Gasteiger partial charge on any atom is -0.495 e. The van der Waals surface area contributed by atoms with Gasteiger partial charge in [0.15, 0.2) is 16.4 Å². The highest BCUT2D eigenvalue weighted by molar-refractivity contribution is 7.71. The van der Waals surface area contributed by atoms with E-state index in [1.54, 1.807) is 18.2 Å². The van der Waals surface area contributed by atoms with E-state index in [1.165, 1.54) is 17.7 Å². The molecule has 0 saturated carbocycles. The number of benzene rings is 2. The molecule has 0 aliphatic heterocycles. The summed E-state index contributed by atoms with van der Waals surface area (Å²) in [4.78, 5) is 2.84. The molecule has 108 valence electrons. The normalized spacial score (nSPS) is 11.0. The number of aromatic amines is 1. The number of hydrogen-bond donors (Lipinski definition) is 1. The number of aromatic nitrogens is 2. The maximum Gasteiger partial charge on any atom is 0.184 e. The summed E-state index contributed by atoms with van der Waals surface area (Å²) < 4.78 is 34.3. The lowest BCUT2D eigenvalue weighted by molar-refractivity contribution is 0.415. The van der Waals surface area contributed by atoms with Gasteiger partial charge in [-0.1, -0.05) is 11.6 Å². The molecule has 0 saturated heterocycles. The highest BCUT2D eigenvalue weighted by atomic mass is 35.5. The van der Waals surface area contributed by atoms with Crippen molar-refractivity contribution in [2.45, 2.75) is 0 Å². The van der Waals surface area contributed by atoms with Gasteiger partial charge in [0.2, 0.25) is 0 Å². The quantitative estimate of drug-likeness (QED) is 0.696. The molecule has 1 heterocycles. The van der Waals surface area contributed by atoms with Crippen molar-refractivity contribution >= 4 is 34.9 Å². The second-order valence-electron chi connectivity index (χ2n) is 4.34. The van der Waals surface area contributed by atoms with Crippen molar-refractivity contribution in [2.75, 3.05) is 7.11 Å². The molecule has 0 amide bonds. The van der Waals surface area contributed by atoms with Crippen molar-refractivity contribution in [3.05, 3.63) is 51.8 Å². The predicted molar refractivity (Wildman–Crippen MR) is 79.9 cm³/mol. The number of methoxy groups -OCH3 is 1. The Hall–Kier alpha value is -1.92. The van der Waals surface area contributed by atoms with E-state index in [0.29, 0.717) is 22.0 Å². The SMILES string of the molecule is COc1ccc(-n2c(=S)[nH]c3ccc(F)c(F)c32)cc1Cl. The van der Waals surface area contributed by atoms with Gasteiger partial charge in [-0.3, -0.25) is 4.57 Å². The second-order valence-corrected chi connectivity index (χ2v) is 5.14. The van der Waals surface area contributed by atoms with Gasteiger partial charge in [0, 0.05) is 0 Å². The standard InChI is InChI=1S/C14H9ClF2N2OS/c1-20-11-5-2-7(6-8(11)15)19-13-10(18-14(19)21)4-3-9(16)12(13)17/h2-6H,1H3,(H,18,21). The van der Waals surface area contributed by atoms with Crippen LogP contribution in [0.2, 0.25) is 5.02 Å². The number of rotatable bonds is 2. The number of nitrogens with one attached hydrogen (secondary N) is 1. The molecule has 0 fully saturated rings. The maximum absolute atomic E-state index is 14.1. The molecule has 7 heteroatoms. The first kappa shape index (κ1) is 14.0. The summed E-state index contributed by atoms with van der Waals surface area (Å²) in [5.74, 6) is -1.42. The maximum atomic E-state index is 14.1. The zero-order valence-electron chi connectivity index (χ0n) is 10.8. The molecule has 0 radical (unpaired) electrons. The van der Waals surface area contributed by atoms with Crippen LogP contribution in [0.1, 0.15) is 0 Å². The Morgan fingerprint density at radius 1 is 1.24 bits per heavy atom. The molecule has 2 aromatic carbocycles. The monoisotopic (exact) mass is 326 g/mol. The highest BCUT2D eigenvalue weighted by Crippen LogP contribution is 2.29. The zero-order valence-corrected chi connectivity index (χ0v) is 12.4. The molecule has 3 rings (SSSR count). The number of halogens is 3. The first-order valence-corrected chi connectivity index (χ1v) is 6.74. The average Bonchev–Trinajstić information content (AvgIpc) is 2.80. The second kappa shape index (κ2) is 5.13. The largest absolute Gasteiger partial charge is 0.495 e. The molecule has 1 aromatic heterocycles. The molecule has 1 N–H and O–H groups in total. The Bertz CT molecular complexity index is 904. The van der Waals surface area contributed by atoms with Gasteiger partial charge in [-0.15, -0.1) is 0 Å². The molecule has 21 heavy (non-hydrogen) atoms. The number of nitrogens with zero attached hydrogens (tertiary/aromatic N) is 1. The van der Waals surface area contributed by atoms with Gasteiger partial charge in [0.25, 0.3) is 0 Å². The van der Waals surface area contributed by atoms with Crippen molar-refractivity contribution in [2.24, 2.45) is 0 Å². The Labute approximate surface area is 128 Å². The molecule has 0 aliphatic carbocycles. The van der Waals surface area contributed by atoms with Crippen molar-refractivity contribution < 1.29 is 13.5 Å². The van der Waals surface area contributed by atoms with E-state index in [9.17, 15) is 8.78 Å². The Morgan fingerprint density at radius 3 is 2.67 bits per heavy atom. The summed E-state index contributed by atoms with van der Waals surface area (Å²) >= 11 is 11.3. The van der Waals surface area contributed by atoms with Crippen molar-refractivity contribution in [1.82, 2.24) is 9.55 Å². The topological polar surface area (TPSA) is 29.9 Å². The first-order valence-electron chi connectivity index (χ1n) is 5.95. The van der Waals surface area contributed by atoms with Crippen molar-refractivity contribution in [3.8, 4) is 11.4 Å². The summed E-state index contributed by atoms with van der Waals surface area (Å²) in [7, 11) is 1.49.